The molecule has 0 aromatic heterocycles. The molecule has 332 valence electrons. The lowest BCUT2D eigenvalue weighted by Crippen LogP contribution is -2.45. The van der Waals surface area contributed by atoms with E-state index in [0.717, 1.165) is 0 Å². The second-order valence-corrected chi connectivity index (χ2v) is 18.4. The van der Waals surface area contributed by atoms with Crippen molar-refractivity contribution in [1.82, 2.24) is 10.6 Å². The third kappa shape index (κ3) is 21.5. The maximum absolute atomic E-state index is 12.8. The van der Waals surface area contributed by atoms with Gasteiger partial charge in [0.25, 0.3) is 20.2 Å². The first-order chi connectivity index (χ1) is 26.1. The molecule has 4 unspecified atom stereocenters. The zero-order valence-electron chi connectivity index (χ0n) is 35.0. The van der Waals surface area contributed by atoms with Crippen LogP contribution in [-0.4, -0.2) is 117 Å². The van der Waals surface area contributed by atoms with Crippen molar-refractivity contribution in [2.75, 3.05) is 51.0 Å². The summed E-state index contributed by atoms with van der Waals surface area (Å²) in [6, 6.07) is 0. The minimum atomic E-state index is -4.36. The van der Waals surface area contributed by atoms with Crippen LogP contribution in [0, 0.1) is 34.5 Å². The average molecular weight is 863 g/mol. The molecule has 0 radical (unpaired) electrons. The maximum atomic E-state index is 12.8. The molecule has 0 bridgehead atoms. The molecule has 0 fully saturated rings. The van der Waals surface area contributed by atoms with Gasteiger partial charge in [-0.3, -0.25) is 27.5 Å². The summed E-state index contributed by atoms with van der Waals surface area (Å²) in [4.78, 5) is 73.8. The van der Waals surface area contributed by atoms with Crippen molar-refractivity contribution >= 4 is 56.3 Å². The Labute approximate surface area is 336 Å². The van der Waals surface area contributed by atoms with Gasteiger partial charge in [0, 0.05) is 37.8 Å². The second-order valence-electron chi connectivity index (χ2n) is 14.9. The SMILES string of the molecule is CCOC(=O)C(CNC(=O)OC(C)OC(=O)C(C)C)C(C)(C)COS(=O)(=O)CCCS(=O)(=O)OCC(C)(C)C(CNC(=O)OC(C)OC(=O)C(C)C)C(=O)OCC. The molecule has 0 aliphatic rings. The Hall–Kier alpha value is -3.76. The lowest BCUT2D eigenvalue weighted by atomic mass is 9.79. The highest BCUT2D eigenvalue weighted by atomic mass is 32.2. The standard InChI is InChI=1S/C35H62N2O18S2/c1-13-48-30(40)26(18-36-32(42)54-24(7)52-28(38)22(3)4)34(9,10)20-50-56(44,45)16-15-17-57(46,47)51-21-35(11,12)27(31(41)49-14-2)19-37-33(43)55-25(8)53-29(39)23(5)6/h22-27H,13-21H2,1-12H3,(H,36,42)(H,37,43). The molecule has 0 aromatic carbocycles. The Morgan fingerprint density at radius 2 is 0.842 bits per heavy atom. The van der Waals surface area contributed by atoms with Crippen LogP contribution < -0.4 is 10.6 Å². The largest absolute Gasteiger partial charge is 0.466 e. The van der Waals surface area contributed by atoms with Crippen LogP contribution in [0.3, 0.4) is 0 Å². The van der Waals surface area contributed by atoms with Crippen LogP contribution in [0.25, 0.3) is 0 Å². The van der Waals surface area contributed by atoms with E-state index in [1.165, 1.54) is 41.5 Å². The molecule has 2 N–H and O–H groups in total. The topological polar surface area (TPSA) is 269 Å². The summed E-state index contributed by atoms with van der Waals surface area (Å²) in [5.74, 6) is -7.44. The van der Waals surface area contributed by atoms with Crippen molar-refractivity contribution in [1.29, 1.82) is 0 Å². The first-order valence-electron chi connectivity index (χ1n) is 18.5. The normalized spacial score (nSPS) is 14.4. The van der Waals surface area contributed by atoms with E-state index in [2.05, 4.69) is 10.6 Å². The second kappa shape index (κ2) is 24.2. The molecule has 0 heterocycles. The predicted octanol–water partition coefficient (Wildman–Crippen LogP) is 3.02. The first kappa shape index (κ1) is 53.2. The van der Waals surface area contributed by atoms with Crippen molar-refractivity contribution in [3.63, 3.8) is 0 Å². The Morgan fingerprint density at radius 1 is 0.526 bits per heavy atom. The fourth-order valence-electron chi connectivity index (χ4n) is 4.46. The number of nitrogens with one attached hydrogen (secondary N) is 2. The first-order valence-corrected chi connectivity index (χ1v) is 21.6. The molecule has 2 amide bonds. The van der Waals surface area contributed by atoms with Gasteiger partial charge in [-0.2, -0.15) is 16.8 Å². The van der Waals surface area contributed by atoms with Gasteiger partial charge in [0.05, 0.1) is 61.6 Å². The van der Waals surface area contributed by atoms with Crippen molar-refractivity contribution < 1.29 is 82.4 Å². The number of esters is 4. The Balaban J connectivity index is 5.38. The molecule has 4 atom stereocenters. The minimum absolute atomic E-state index is 0.0160. The van der Waals surface area contributed by atoms with Gasteiger partial charge in [-0.1, -0.05) is 55.4 Å². The molecular weight excluding hydrogens is 801 g/mol. The third-order valence-electron chi connectivity index (χ3n) is 7.99. The highest BCUT2D eigenvalue weighted by Crippen LogP contribution is 2.30. The van der Waals surface area contributed by atoms with E-state index in [1.807, 2.05) is 0 Å². The Kier molecular flexibility index (Phi) is 22.6. The summed E-state index contributed by atoms with van der Waals surface area (Å²) < 4.78 is 91.7. The Bertz CT molecular complexity index is 1450. The van der Waals surface area contributed by atoms with Crippen LogP contribution >= 0.6 is 0 Å². The van der Waals surface area contributed by atoms with E-state index in [4.69, 9.17) is 36.8 Å². The van der Waals surface area contributed by atoms with Gasteiger partial charge in [0.2, 0.25) is 12.6 Å². The summed E-state index contributed by atoms with van der Waals surface area (Å²) in [5.41, 5.74) is -2.52. The smallest absolute Gasteiger partial charge is 0.410 e. The van der Waals surface area contributed by atoms with Crippen molar-refractivity contribution in [3.05, 3.63) is 0 Å². The molecule has 0 aromatic rings. The minimum Gasteiger partial charge on any atom is -0.466 e. The number of amides is 2. The average Bonchev–Trinajstić information content (AvgIpc) is 3.06. The summed E-state index contributed by atoms with van der Waals surface area (Å²) in [6.07, 6.45) is -4.95. The molecule has 22 heteroatoms. The zero-order valence-corrected chi connectivity index (χ0v) is 36.6. The van der Waals surface area contributed by atoms with Crippen LogP contribution in [0.1, 0.15) is 89.5 Å². The van der Waals surface area contributed by atoms with Crippen molar-refractivity contribution in [2.45, 2.75) is 102 Å². The molecule has 0 spiro atoms. The number of hydrogen-bond donors (Lipinski definition) is 2. The van der Waals surface area contributed by atoms with E-state index in [9.17, 15) is 45.6 Å². The Morgan fingerprint density at radius 3 is 1.12 bits per heavy atom. The molecule has 0 aliphatic carbocycles. The van der Waals surface area contributed by atoms with Crippen LogP contribution in [0.5, 0.6) is 0 Å². The van der Waals surface area contributed by atoms with Gasteiger partial charge in [-0.05, 0) is 20.3 Å². The zero-order chi connectivity index (χ0) is 44.4. The van der Waals surface area contributed by atoms with Gasteiger partial charge in [-0.25, -0.2) is 9.59 Å². The van der Waals surface area contributed by atoms with Crippen molar-refractivity contribution in [3.8, 4) is 0 Å². The van der Waals surface area contributed by atoms with Crippen molar-refractivity contribution in [2.24, 2.45) is 34.5 Å². The van der Waals surface area contributed by atoms with Crippen LogP contribution in [0.4, 0.5) is 9.59 Å². The molecular formula is C35H62N2O18S2. The van der Waals surface area contributed by atoms with Gasteiger partial charge in [-0.15, -0.1) is 0 Å². The summed E-state index contributed by atoms with van der Waals surface area (Å²) in [7, 11) is -8.72. The van der Waals surface area contributed by atoms with Crippen LogP contribution in [0.2, 0.25) is 0 Å². The summed E-state index contributed by atoms with van der Waals surface area (Å²) >= 11 is 0. The monoisotopic (exact) mass is 862 g/mol. The molecule has 20 nitrogen and oxygen atoms in total. The lowest BCUT2D eigenvalue weighted by Gasteiger charge is -2.32. The number of alkyl carbamates (subject to hydrolysis) is 2. The van der Waals surface area contributed by atoms with E-state index in [1.54, 1.807) is 41.5 Å². The molecule has 0 saturated heterocycles. The highest BCUT2D eigenvalue weighted by Gasteiger charge is 2.40. The molecule has 0 aliphatic heterocycles. The lowest BCUT2D eigenvalue weighted by molar-refractivity contribution is -0.170. The molecule has 0 saturated carbocycles. The number of hydrogen-bond acceptors (Lipinski definition) is 18. The summed E-state index contributed by atoms with van der Waals surface area (Å²) in [6.45, 7) is 16.3. The fraction of sp³-hybridized carbons (Fsp3) is 0.829. The highest BCUT2D eigenvalue weighted by molar-refractivity contribution is 7.87. The molecule has 57 heavy (non-hydrogen) atoms. The van der Waals surface area contributed by atoms with E-state index in [0.29, 0.717) is 0 Å². The predicted molar refractivity (Wildman–Crippen MR) is 202 cm³/mol. The van der Waals surface area contributed by atoms with E-state index < -0.39 is 135 Å². The van der Waals surface area contributed by atoms with Gasteiger partial charge in [0.1, 0.15) is 0 Å². The number of carbonyl (C=O) groups is 6. The van der Waals surface area contributed by atoms with Gasteiger partial charge >= 0.3 is 36.1 Å². The number of carbonyl (C=O) groups excluding carboxylic acids is 6. The van der Waals surface area contributed by atoms with E-state index >= 15 is 0 Å². The third-order valence-corrected chi connectivity index (χ3v) is 10.5. The fourth-order valence-corrected chi connectivity index (χ4v) is 6.84. The summed E-state index contributed by atoms with van der Waals surface area (Å²) in [5, 5.41) is 4.75. The van der Waals surface area contributed by atoms with E-state index in [-0.39, 0.29) is 26.3 Å². The van der Waals surface area contributed by atoms with Crippen LogP contribution in [-0.2, 0) is 76.2 Å². The number of ether oxygens (including phenoxy) is 6. The number of rotatable bonds is 26. The quantitative estimate of drug-likeness (QED) is 0.0547. The van der Waals surface area contributed by atoms with Gasteiger partial charge in [0.15, 0.2) is 0 Å². The molecule has 0 rings (SSSR count). The van der Waals surface area contributed by atoms with Crippen LogP contribution in [0.15, 0.2) is 0 Å². The maximum Gasteiger partial charge on any atom is 0.410 e. The van der Waals surface area contributed by atoms with Gasteiger partial charge < -0.3 is 39.1 Å².